The van der Waals surface area contributed by atoms with E-state index in [0.717, 1.165) is 25.1 Å². The number of hydrogen-bond acceptors (Lipinski definition) is 2. The van der Waals surface area contributed by atoms with Crippen LogP contribution in [-0.4, -0.2) is 34.8 Å². The van der Waals surface area contributed by atoms with Gasteiger partial charge in [-0.15, -0.1) is 0 Å². The highest BCUT2D eigenvalue weighted by atomic mass is 79.9. The molecule has 2 atom stereocenters. The van der Waals surface area contributed by atoms with E-state index < -0.39 is 0 Å². The number of carbonyl (C=O) groups excluding carboxylic acids is 1. The van der Waals surface area contributed by atoms with Crippen LogP contribution in [0.4, 0.5) is 0 Å². The molecule has 0 saturated carbocycles. The lowest BCUT2D eigenvalue weighted by molar-refractivity contribution is -0.128. The highest BCUT2D eigenvalue weighted by Gasteiger charge is 2.33. The van der Waals surface area contributed by atoms with Gasteiger partial charge in [0.15, 0.2) is 0 Å². The topological polar surface area (TPSA) is 29.5 Å². The molecule has 1 saturated heterocycles. The minimum atomic E-state index is 0.00581. The molecule has 1 fully saturated rings. The molecule has 0 aliphatic carbocycles. The summed E-state index contributed by atoms with van der Waals surface area (Å²) in [4.78, 5) is 13.7. The van der Waals surface area contributed by atoms with Crippen molar-refractivity contribution in [3.05, 3.63) is 29.8 Å². The fourth-order valence-corrected chi connectivity index (χ4v) is 2.98. The van der Waals surface area contributed by atoms with Crippen molar-refractivity contribution in [3.8, 4) is 5.75 Å². The van der Waals surface area contributed by atoms with Gasteiger partial charge in [-0.1, -0.05) is 34.1 Å². The van der Waals surface area contributed by atoms with Crippen molar-refractivity contribution in [3.63, 3.8) is 0 Å². The second-order valence-corrected chi connectivity index (χ2v) is 5.70. The number of carbonyl (C=O) groups is 1. The number of benzene rings is 1. The number of likely N-dealkylation sites (tertiary alicyclic amines) is 1. The Hall–Kier alpha value is -1.03. The molecule has 1 amide bonds. The summed E-state index contributed by atoms with van der Waals surface area (Å²) in [7, 11) is 0. The third-order valence-electron chi connectivity index (χ3n) is 3.37. The van der Waals surface area contributed by atoms with E-state index in [-0.39, 0.29) is 16.8 Å². The molecule has 2 aliphatic heterocycles. The summed E-state index contributed by atoms with van der Waals surface area (Å²) in [5.74, 6) is 1.17. The van der Waals surface area contributed by atoms with Gasteiger partial charge < -0.3 is 9.64 Å². The quantitative estimate of drug-likeness (QED) is 0.781. The Kier molecular flexibility index (Phi) is 2.82. The highest BCUT2D eigenvalue weighted by molar-refractivity contribution is 9.10. The summed E-state index contributed by atoms with van der Waals surface area (Å²) in [6, 6.07) is 8.10. The Balaban J connectivity index is 1.64. The summed E-state index contributed by atoms with van der Waals surface area (Å²) < 4.78 is 5.84. The monoisotopic (exact) mass is 295 g/mol. The Morgan fingerprint density at radius 3 is 2.94 bits per heavy atom. The first-order chi connectivity index (χ1) is 8.24. The summed E-state index contributed by atoms with van der Waals surface area (Å²) in [5.41, 5.74) is 1.25. The van der Waals surface area contributed by atoms with Crippen LogP contribution >= 0.6 is 15.9 Å². The molecular formula is C13H14BrNO2. The number of fused-ring (bicyclic) bond motifs is 1. The number of nitrogens with zero attached hydrogens (tertiary/aromatic N) is 1. The Morgan fingerprint density at radius 2 is 2.24 bits per heavy atom. The molecule has 90 valence electrons. The van der Waals surface area contributed by atoms with E-state index in [1.54, 1.807) is 0 Å². The van der Waals surface area contributed by atoms with Crippen LogP contribution in [0.2, 0.25) is 0 Å². The lowest BCUT2D eigenvalue weighted by atomic mass is 10.1. The van der Waals surface area contributed by atoms with Crippen molar-refractivity contribution in [1.82, 2.24) is 4.90 Å². The van der Waals surface area contributed by atoms with Gasteiger partial charge in [0.25, 0.3) is 0 Å². The number of rotatable bonds is 2. The van der Waals surface area contributed by atoms with Gasteiger partial charge in [0, 0.05) is 13.0 Å². The van der Waals surface area contributed by atoms with Crippen LogP contribution in [0.5, 0.6) is 5.75 Å². The lowest BCUT2D eigenvalue weighted by Gasteiger charge is -2.20. The normalized spacial score (nSPS) is 27.1. The van der Waals surface area contributed by atoms with E-state index in [4.69, 9.17) is 4.74 Å². The molecule has 3 nitrogen and oxygen atoms in total. The zero-order chi connectivity index (χ0) is 11.8. The predicted molar refractivity (Wildman–Crippen MR) is 68.5 cm³/mol. The second-order valence-electron chi connectivity index (χ2n) is 4.59. The maximum atomic E-state index is 11.8. The molecule has 2 heterocycles. The van der Waals surface area contributed by atoms with Crippen molar-refractivity contribution >= 4 is 21.8 Å². The lowest BCUT2D eigenvalue weighted by Crippen LogP contribution is -2.36. The average Bonchev–Trinajstić information content (AvgIpc) is 2.87. The average molecular weight is 296 g/mol. The first-order valence-electron chi connectivity index (χ1n) is 5.91. The summed E-state index contributed by atoms with van der Waals surface area (Å²) >= 11 is 3.39. The predicted octanol–water partition coefficient (Wildman–Crippen LogP) is 1.99. The molecular weight excluding hydrogens is 282 g/mol. The van der Waals surface area contributed by atoms with Crippen LogP contribution in [-0.2, 0) is 11.2 Å². The Labute approximate surface area is 109 Å². The highest BCUT2D eigenvalue weighted by Crippen LogP contribution is 2.29. The molecule has 0 radical (unpaired) electrons. The molecule has 2 unspecified atom stereocenters. The molecule has 0 aromatic heterocycles. The fraction of sp³-hybridized carbons (Fsp3) is 0.462. The van der Waals surface area contributed by atoms with Crippen LogP contribution < -0.4 is 4.74 Å². The summed E-state index contributed by atoms with van der Waals surface area (Å²) in [6.45, 7) is 1.54. The maximum absolute atomic E-state index is 11.8. The zero-order valence-corrected chi connectivity index (χ0v) is 11.0. The second kappa shape index (κ2) is 4.33. The standard InChI is InChI=1S/C13H14BrNO2/c14-11-5-6-15(13(11)16)8-10-7-9-3-1-2-4-12(9)17-10/h1-4,10-11H,5-8H2. The number of alkyl halides is 1. The minimum Gasteiger partial charge on any atom is -0.488 e. The van der Waals surface area contributed by atoms with E-state index in [1.807, 2.05) is 23.1 Å². The van der Waals surface area contributed by atoms with Crippen LogP contribution in [0, 0.1) is 0 Å². The number of ether oxygens (including phenoxy) is 1. The molecule has 3 rings (SSSR count). The Bertz CT molecular complexity index is 424. The van der Waals surface area contributed by atoms with E-state index in [2.05, 4.69) is 22.0 Å². The van der Waals surface area contributed by atoms with Gasteiger partial charge >= 0.3 is 0 Å². The first-order valence-corrected chi connectivity index (χ1v) is 6.83. The van der Waals surface area contributed by atoms with Crippen molar-refractivity contribution in [1.29, 1.82) is 0 Å². The van der Waals surface area contributed by atoms with Crippen molar-refractivity contribution in [2.75, 3.05) is 13.1 Å². The van der Waals surface area contributed by atoms with Gasteiger partial charge in [0.1, 0.15) is 11.9 Å². The zero-order valence-electron chi connectivity index (χ0n) is 9.43. The number of amides is 1. The molecule has 1 aromatic carbocycles. The van der Waals surface area contributed by atoms with Gasteiger partial charge in [-0.3, -0.25) is 4.79 Å². The van der Waals surface area contributed by atoms with Gasteiger partial charge in [0.05, 0.1) is 11.4 Å². The maximum Gasteiger partial charge on any atom is 0.236 e. The number of halogens is 1. The van der Waals surface area contributed by atoms with Gasteiger partial charge in [-0.05, 0) is 18.1 Å². The van der Waals surface area contributed by atoms with Crippen molar-refractivity contribution in [2.24, 2.45) is 0 Å². The van der Waals surface area contributed by atoms with Crippen LogP contribution in [0.1, 0.15) is 12.0 Å². The van der Waals surface area contributed by atoms with Gasteiger partial charge in [-0.2, -0.15) is 0 Å². The first kappa shape index (κ1) is 11.1. The fourth-order valence-electron chi connectivity index (χ4n) is 2.48. The largest absolute Gasteiger partial charge is 0.488 e. The van der Waals surface area contributed by atoms with E-state index >= 15 is 0 Å². The van der Waals surface area contributed by atoms with E-state index in [9.17, 15) is 4.79 Å². The molecule has 17 heavy (non-hydrogen) atoms. The number of hydrogen-bond donors (Lipinski definition) is 0. The Morgan fingerprint density at radius 1 is 1.41 bits per heavy atom. The number of para-hydroxylation sites is 1. The van der Waals surface area contributed by atoms with E-state index in [0.29, 0.717) is 6.54 Å². The molecule has 4 heteroatoms. The SMILES string of the molecule is O=C1C(Br)CCN1CC1Cc2ccccc2O1. The molecule has 0 spiro atoms. The third kappa shape index (κ3) is 2.06. The minimum absolute atomic E-state index is 0.00581. The molecule has 2 aliphatic rings. The van der Waals surface area contributed by atoms with Gasteiger partial charge in [0.2, 0.25) is 5.91 Å². The molecule has 1 aromatic rings. The molecule has 0 bridgehead atoms. The molecule has 0 N–H and O–H groups in total. The third-order valence-corrected chi connectivity index (χ3v) is 4.22. The van der Waals surface area contributed by atoms with Gasteiger partial charge in [-0.25, -0.2) is 0 Å². The van der Waals surface area contributed by atoms with Crippen molar-refractivity contribution in [2.45, 2.75) is 23.8 Å². The summed E-state index contributed by atoms with van der Waals surface area (Å²) in [6.07, 6.45) is 1.93. The smallest absolute Gasteiger partial charge is 0.236 e. The van der Waals surface area contributed by atoms with Crippen molar-refractivity contribution < 1.29 is 9.53 Å². The van der Waals surface area contributed by atoms with Crippen LogP contribution in [0.3, 0.4) is 0 Å². The summed E-state index contributed by atoms with van der Waals surface area (Å²) in [5, 5.41) is 0. The van der Waals surface area contributed by atoms with E-state index in [1.165, 1.54) is 5.56 Å². The van der Waals surface area contributed by atoms with Crippen LogP contribution in [0.15, 0.2) is 24.3 Å². The van der Waals surface area contributed by atoms with Crippen LogP contribution in [0.25, 0.3) is 0 Å².